The molecule has 0 aromatic heterocycles. The number of nitrogens with zero attached hydrogens (tertiary/aromatic N) is 1. The summed E-state index contributed by atoms with van der Waals surface area (Å²) >= 11 is 0. The van der Waals surface area contributed by atoms with E-state index in [9.17, 15) is 5.11 Å². The maximum Gasteiger partial charge on any atom is 0.0580 e. The van der Waals surface area contributed by atoms with E-state index < -0.39 is 0 Å². The van der Waals surface area contributed by atoms with Gasteiger partial charge in [0.25, 0.3) is 0 Å². The molecule has 1 aliphatic carbocycles. The molecule has 0 spiro atoms. The molecule has 15 heavy (non-hydrogen) atoms. The van der Waals surface area contributed by atoms with Crippen molar-refractivity contribution in [2.45, 2.75) is 51.6 Å². The topological polar surface area (TPSA) is 23.5 Å². The minimum atomic E-state index is -0.0249. The highest BCUT2D eigenvalue weighted by atomic mass is 16.3. The molecule has 1 saturated carbocycles. The quantitative estimate of drug-likeness (QED) is 0.757. The molecule has 88 valence electrons. The summed E-state index contributed by atoms with van der Waals surface area (Å²) in [4.78, 5) is 2.56. The van der Waals surface area contributed by atoms with Gasteiger partial charge in [0.2, 0.25) is 0 Å². The summed E-state index contributed by atoms with van der Waals surface area (Å²) in [5.74, 6) is 1.37. The molecule has 2 heteroatoms. The van der Waals surface area contributed by atoms with Gasteiger partial charge in [-0.2, -0.15) is 0 Å². The van der Waals surface area contributed by atoms with Crippen molar-refractivity contribution in [3.05, 3.63) is 0 Å². The lowest BCUT2D eigenvalue weighted by Gasteiger charge is -2.36. The number of aliphatic hydroxyl groups excluding tert-OH is 1. The molecule has 3 atom stereocenters. The maximum absolute atomic E-state index is 9.99. The van der Waals surface area contributed by atoms with Crippen molar-refractivity contribution in [1.29, 1.82) is 0 Å². The van der Waals surface area contributed by atoms with Gasteiger partial charge in [-0.05, 0) is 57.0 Å². The second kappa shape index (κ2) is 5.31. The van der Waals surface area contributed by atoms with Crippen LogP contribution in [0, 0.1) is 11.8 Å². The Morgan fingerprint density at radius 3 is 2.60 bits per heavy atom. The molecular weight excluding hydrogens is 186 g/mol. The van der Waals surface area contributed by atoms with Crippen LogP contribution in [-0.4, -0.2) is 35.7 Å². The molecule has 2 rings (SSSR count). The Hall–Kier alpha value is -0.0800. The lowest BCUT2D eigenvalue weighted by atomic mass is 9.80. The molecule has 0 aromatic rings. The summed E-state index contributed by atoms with van der Waals surface area (Å²) < 4.78 is 0. The van der Waals surface area contributed by atoms with Crippen LogP contribution < -0.4 is 0 Å². The first kappa shape index (κ1) is 11.4. The number of hydrogen-bond acceptors (Lipinski definition) is 2. The van der Waals surface area contributed by atoms with Crippen molar-refractivity contribution < 1.29 is 5.11 Å². The molecule has 1 saturated heterocycles. The van der Waals surface area contributed by atoms with Crippen molar-refractivity contribution >= 4 is 0 Å². The smallest absolute Gasteiger partial charge is 0.0580 e. The third kappa shape index (κ3) is 3.18. The Morgan fingerprint density at radius 2 is 1.87 bits per heavy atom. The van der Waals surface area contributed by atoms with Crippen LogP contribution >= 0.6 is 0 Å². The number of likely N-dealkylation sites (tertiary alicyclic amines) is 1. The molecule has 1 heterocycles. The van der Waals surface area contributed by atoms with Gasteiger partial charge in [-0.25, -0.2) is 0 Å². The van der Waals surface area contributed by atoms with Gasteiger partial charge in [0.15, 0.2) is 0 Å². The van der Waals surface area contributed by atoms with Crippen molar-refractivity contribution in [2.75, 3.05) is 19.6 Å². The van der Waals surface area contributed by atoms with E-state index in [1.54, 1.807) is 0 Å². The Labute approximate surface area is 93.7 Å². The second-order valence-corrected chi connectivity index (χ2v) is 5.61. The molecular formula is C13H25NO. The van der Waals surface area contributed by atoms with Crippen molar-refractivity contribution in [2.24, 2.45) is 11.8 Å². The van der Waals surface area contributed by atoms with Gasteiger partial charge < -0.3 is 10.0 Å². The predicted molar refractivity (Wildman–Crippen MR) is 62.8 cm³/mol. The van der Waals surface area contributed by atoms with E-state index in [-0.39, 0.29) is 6.10 Å². The minimum absolute atomic E-state index is 0.0249. The van der Waals surface area contributed by atoms with Crippen LogP contribution in [0.25, 0.3) is 0 Å². The summed E-state index contributed by atoms with van der Waals surface area (Å²) in [6.07, 6.45) is 7.58. The summed E-state index contributed by atoms with van der Waals surface area (Å²) in [5.41, 5.74) is 0. The minimum Gasteiger partial charge on any atom is -0.393 e. The van der Waals surface area contributed by atoms with Crippen molar-refractivity contribution in [3.8, 4) is 0 Å². The van der Waals surface area contributed by atoms with Gasteiger partial charge in [-0.1, -0.05) is 13.3 Å². The monoisotopic (exact) mass is 211 g/mol. The highest BCUT2D eigenvalue weighted by Crippen LogP contribution is 2.30. The van der Waals surface area contributed by atoms with Gasteiger partial charge in [0.05, 0.1) is 6.10 Å². The number of rotatable bonds is 2. The van der Waals surface area contributed by atoms with E-state index in [1.165, 1.54) is 45.2 Å². The first-order chi connectivity index (χ1) is 7.25. The van der Waals surface area contributed by atoms with E-state index >= 15 is 0 Å². The third-order valence-electron chi connectivity index (χ3n) is 4.15. The lowest BCUT2D eigenvalue weighted by molar-refractivity contribution is 0.0271. The van der Waals surface area contributed by atoms with Crippen LogP contribution in [0.2, 0.25) is 0 Å². The first-order valence-electron chi connectivity index (χ1n) is 6.66. The summed E-state index contributed by atoms with van der Waals surface area (Å²) in [6, 6.07) is 0. The fourth-order valence-corrected chi connectivity index (χ4v) is 3.15. The van der Waals surface area contributed by atoms with Crippen LogP contribution in [0.15, 0.2) is 0 Å². The standard InChI is InChI=1S/C13H25NO/c1-11-5-6-13(15)12(9-11)10-14-7-3-2-4-8-14/h11-13,15H,2-10H2,1H3. The maximum atomic E-state index is 9.99. The number of aliphatic hydroxyl groups is 1. The van der Waals surface area contributed by atoms with Crippen molar-refractivity contribution in [1.82, 2.24) is 4.90 Å². The van der Waals surface area contributed by atoms with Crippen LogP contribution in [0.4, 0.5) is 0 Å². The summed E-state index contributed by atoms with van der Waals surface area (Å²) in [5, 5.41) is 9.99. The van der Waals surface area contributed by atoms with Crippen LogP contribution in [0.3, 0.4) is 0 Å². The molecule has 1 N–H and O–H groups in total. The molecule has 0 amide bonds. The van der Waals surface area contributed by atoms with Gasteiger partial charge >= 0.3 is 0 Å². The molecule has 2 nitrogen and oxygen atoms in total. The van der Waals surface area contributed by atoms with Crippen LogP contribution in [0.1, 0.15) is 45.4 Å². The highest BCUT2D eigenvalue weighted by Gasteiger charge is 2.28. The molecule has 0 radical (unpaired) electrons. The van der Waals surface area contributed by atoms with E-state index in [0.29, 0.717) is 5.92 Å². The fourth-order valence-electron chi connectivity index (χ4n) is 3.15. The fraction of sp³-hybridized carbons (Fsp3) is 1.00. The molecule has 0 aromatic carbocycles. The molecule has 3 unspecified atom stereocenters. The molecule has 0 bridgehead atoms. The SMILES string of the molecule is CC1CCC(O)C(CN2CCCCC2)C1. The van der Waals surface area contributed by atoms with E-state index in [4.69, 9.17) is 0 Å². The van der Waals surface area contributed by atoms with Crippen LogP contribution in [-0.2, 0) is 0 Å². The Balaban J connectivity index is 1.80. The normalized spacial score (nSPS) is 39.2. The van der Waals surface area contributed by atoms with Crippen molar-refractivity contribution in [3.63, 3.8) is 0 Å². The number of hydrogen-bond donors (Lipinski definition) is 1. The Kier molecular flexibility index (Phi) is 4.04. The summed E-state index contributed by atoms with van der Waals surface area (Å²) in [6.45, 7) is 6.00. The zero-order valence-electron chi connectivity index (χ0n) is 9.99. The molecule has 2 fully saturated rings. The molecule has 1 aliphatic heterocycles. The largest absolute Gasteiger partial charge is 0.393 e. The Morgan fingerprint density at radius 1 is 1.13 bits per heavy atom. The first-order valence-corrected chi connectivity index (χ1v) is 6.66. The van der Waals surface area contributed by atoms with Gasteiger partial charge in [0.1, 0.15) is 0 Å². The van der Waals surface area contributed by atoms with E-state index in [0.717, 1.165) is 18.9 Å². The average Bonchev–Trinajstić information content (AvgIpc) is 2.25. The van der Waals surface area contributed by atoms with Gasteiger partial charge in [0, 0.05) is 6.54 Å². The van der Waals surface area contributed by atoms with E-state index in [1.807, 2.05) is 0 Å². The molecule has 2 aliphatic rings. The van der Waals surface area contributed by atoms with Gasteiger partial charge in [-0.15, -0.1) is 0 Å². The predicted octanol–water partition coefficient (Wildman–Crippen LogP) is 2.27. The van der Waals surface area contributed by atoms with E-state index in [2.05, 4.69) is 11.8 Å². The zero-order chi connectivity index (χ0) is 10.7. The van der Waals surface area contributed by atoms with Gasteiger partial charge in [-0.3, -0.25) is 0 Å². The lowest BCUT2D eigenvalue weighted by Crippen LogP contribution is -2.40. The Bertz CT molecular complexity index is 189. The number of piperidine rings is 1. The summed E-state index contributed by atoms with van der Waals surface area (Å²) in [7, 11) is 0. The average molecular weight is 211 g/mol. The second-order valence-electron chi connectivity index (χ2n) is 5.61. The van der Waals surface area contributed by atoms with Crippen LogP contribution in [0.5, 0.6) is 0 Å². The third-order valence-corrected chi connectivity index (χ3v) is 4.15. The zero-order valence-corrected chi connectivity index (χ0v) is 9.99. The highest BCUT2D eigenvalue weighted by molar-refractivity contribution is 4.81.